The molecule has 0 aliphatic heterocycles. The topological polar surface area (TPSA) is 57.8 Å². The number of hydrogen-bond donors (Lipinski definition) is 2. The summed E-state index contributed by atoms with van der Waals surface area (Å²) in [4.78, 5) is 12.0. The minimum atomic E-state index is -0.255. The van der Waals surface area contributed by atoms with Gasteiger partial charge in [-0.1, -0.05) is 24.6 Å². The van der Waals surface area contributed by atoms with Gasteiger partial charge in [-0.25, -0.2) is 0 Å². The smallest absolute Gasteiger partial charge is 0.258 e. The van der Waals surface area contributed by atoms with Gasteiger partial charge in [-0.15, -0.1) is 0 Å². The number of H-pyrrole nitrogens is 1. The number of carbonyl (C=O) groups is 1. The van der Waals surface area contributed by atoms with Crippen LogP contribution in [0.1, 0.15) is 28.5 Å². The first-order chi connectivity index (χ1) is 8.60. The third kappa shape index (κ3) is 2.71. The summed E-state index contributed by atoms with van der Waals surface area (Å²) < 4.78 is 0. The fraction of sp³-hybridized carbons (Fsp3) is 0.231. The molecule has 5 heteroatoms. The number of aryl methyl sites for hydroxylation is 2. The third-order valence-electron chi connectivity index (χ3n) is 2.62. The fourth-order valence-corrected chi connectivity index (χ4v) is 1.92. The lowest BCUT2D eigenvalue weighted by molar-refractivity contribution is 0.102. The first kappa shape index (κ1) is 12.6. The second-order valence-corrected chi connectivity index (χ2v) is 4.48. The Bertz CT molecular complexity index is 577. The van der Waals surface area contributed by atoms with Crippen LogP contribution in [0.3, 0.4) is 0 Å². The predicted molar refractivity (Wildman–Crippen MR) is 72.1 cm³/mol. The SMILES string of the molecule is CCc1cc(NC(=O)c2ccc(C)cc2Cl)n[nH]1. The Morgan fingerprint density at radius 1 is 1.44 bits per heavy atom. The van der Waals surface area contributed by atoms with Gasteiger partial charge in [0.05, 0.1) is 10.6 Å². The molecule has 18 heavy (non-hydrogen) atoms. The summed E-state index contributed by atoms with van der Waals surface area (Å²) in [6.07, 6.45) is 0.841. The van der Waals surface area contributed by atoms with Crippen LogP contribution < -0.4 is 5.32 Å². The summed E-state index contributed by atoms with van der Waals surface area (Å²) in [6, 6.07) is 7.13. The standard InChI is InChI=1S/C13H14ClN3O/c1-3-9-7-12(17-16-9)15-13(18)10-5-4-8(2)6-11(10)14/h4-7H,3H2,1-2H3,(H2,15,16,17,18). The number of nitrogens with one attached hydrogen (secondary N) is 2. The Labute approximate surface area is 110 Å². The van der Waals surface area contributed by atoms with Crippen LogP contribution in [0.15, 0.2) is 24.3 Å². The summed E-state index contributed by atoms with van der Waals surface area (Å²) in [5.41, 5.74) is 2.44. The van der Waals surface area contributed by atoms with Crippen LogP contribution in [-0.2, 0) is 6.42 Å². The van der Waals surface area contributed by atoms with E-state index < -0.39 is 0 Å². The van der Waals surface area contributed by atoms with Gasteiger partial charge in [0.1, 0.15) is 0 Å². The van der Waals surface area contributed by atoms with Crippen molar-refractivity contribution in [1.82, 2.24) is 10.2 Å². The van der Waals surface area contributed by atoms with Gasteiger partial charge < -0.3 is 5.32 Å². The van der Waals surface area contributed by atoms with Gasteiger partial charge in [0.25, 0.3) is 5.91 Å². The van der Waals surface area contributed by atoms with Crippen molar-refractivity contribution in [3.63, 3.8) is 0 Å². The summed E-state index contributed by atoms with van der Waals surface area (Å²) in [7, 11) is 0. The number of carbonyl (C=O) groups excluding carboxylic acids is 1. The zero-order valence-electron chi connectivity index (χ0n) is 10.2. The highest BCUT2D eigenvalue weighted by atomic mass is 35.5. The largest absolute Gasteiger partial charge is 0.305 e. The normalized spacial score (nSPS) is 10.4. The highest BCUT2D eigenvalue weighted by Crippen LogP contribution is 2.19. The molecular formula is C13H14ClN3O. The number of rotatable bonds is 3. The summed E-state index contributed by atoms with van der Waals surface area (Å²) in [6.45, 7) is 3.94. The van der Waals surface area contributed by atoms with Crippen LogP contribution in [-0.4, -0.2) is 16.1 Å². The Morgan fingerprint density at radius 2 is 2.22 bits per heavy atom. The van der Waals surface area contributed by atoms with Gasteiger partial charge in [-0.05, 0) is 31.0 Å². The molecular weight excluding hydrogens is 250 g/mol. The van der Waals surface area contributed by atoms with E-state index >= 15 is 0 Å². The first-order valence-corrected chi connectivity index (χ1v) is 6.09. The summed E-state index contributed by atoms with van der Waals surface area (Å²) >= 11 is 6.03. The van der Waals surface area contributed by atoms with Crippen molar-refractivity contribution in [2.45, 2.75) is 20.3 Å². The lowest BCUT2D eigenvalue weighted by atomic mass is 10.1. The predicted octanol–water partition coefficient (Wildman–Crippen LogP) is 3.19. The lowest BCUT2D eigenvalue weighted by Crippen LogP contribution is -2.12. The van der Waals surface area contributed by atoms with Crippen molar-refractivity contribution in [2.75, 3.05) is 5.32 Å². The maximum atomic E-state index is 12.0. The molecule has 0 bridgehead atoms. The van der Waals surface area contributed by atoms with Gasteiger partial charge >= 0.3 is 0 Å². The van der Waals surface area contributed by atoms with E-state index in [0.29, 0.717) is 16.4 Å². The molecule has 0 saturated carbocycles. The second-order valence-electron chi connectivity index (χ2n) is 4.07. The minimum absolute atomic E-state index is 0.255. The van der Waals surface area contributed by atoms with Crippen LogP contribution in [0.5, 0.6) is 0 Å². The zero-order valence-corrected chi connectivity index (χ0v) is 11.0. The highest BCUT2D eigenvalue weighted by molar-refractivity contribution is 6.34. The average Bonchev–Trinajstić information content (AvgIpc) is 2.76. The molecule has 0 saturated heterocycles. The van der Waals surface area contributed by atoms with E-state index in [2.05, 4.69) is 15.5 Å². The minimum Gasteiger partial charge on any atom is -0.305 e. The van der Waals surface area contributed by atoms with E-state index in [1.165, 1.54) is 0 Å². The van der Waals surface area contributed by atoms with E-state index in [9.17, 15) is 4.79 Å². The van der Waals surface area contributed by atoms with Crippen LogP contribution >= 0.6 is 11.6 Å². The maximum Gasteiger partial charge on any atom is 0.258 e. The number of halogens is 1. The number of aromatic amines is 1. The molecule has 0 unspecified atom stereocenters. The fourth-order valence-electron chi connectivity index (χ4n) is 1.59. The van der Waals surface area contributed by atoms with E-state index in [-0.39, 0.29) is 5.91 Å². The Hall–Kier alpha value is -1.81. The Morgan fingerprint density at radius 3 is 2.83 bits per heavy atom. The van der Waals surface area contributed by atoms with Crippen molar-refractivity contribution in [3.8, 4) is 0 Å². The summed E-state index contributed by atoms with van der Waals surface area (Å²) in [5, 5.41) is 9.99. The van der Waals surface area contributed by atoms with Gasteiger partial charge in [-0.2, -0.15) is 5.10 Å². The van der Waals surface area contributed by atoms with E-state index in [4.69, 9.17) is 11.6 Å². The van der Waals surface area contributed by atoms with E-state index in [0.717, 1.165) is 17.7 Å². The molecule has 94 valence electrons. The highest BCUT2D eigenvalue weighted by Gasteiger charge is 2.11. The zero-order chi connectivity index (χ0) is 13.1. The van der Waals surface area contributed by atoms with E-state index in [1.807, 2.05) is 19.9 Å². The number of anilines is 1. The maximum absolute atomic E-state index is 12.0. The monoisotopic (exact) mass is 263 g/mol. The molecule has 1 heterocycles. The molecule has 2 aromatic rings. The molecule has 2 rings (SSSR count). The van der Waals surface area contributed by atoms with Crippen molar-refractivity contribution in [2.24, 2.45) is 0 Å². The molecule has 1 aromatic heterocycles. The quantitative estimate of drug-likeness (QED) is 0.894. The molecule has 0 radical (unpaired) electrons. The van der Waals surface area contributed by atoms with Crippen LogP contribution in [0.4, 0.5) is 5.82 Å². The van der Waals surface area contributed by atoms with E-state index in [1.54, 1.807) is 18.2 Å². The number of nitrogens with zero attached hydrogens (tertiary/aromatic N) is 1. The molecule has 2 N–H and O–H groups in total. The molecule has 0 aliphatic carbocycles. The molecule has 0 atom stereocenters. The Balaban J connectivity index is 2.16. The van der Waals surface area contributed by atoms with Crippen molar-refractivity contribution in [1.29, 1.82) is 0 Å². The van der Waals surface area contributed by atoms with Crippen LogP contribution in [0.2, 0.25) is 5.02 Å². The van der Waals surface area contributed by atoms with Crippen molar-refractivity contribution in [3.05, 3.63) is 46.1 Å². The molecule has 0 fully saturated rings. The molecule has 4 nitrogen and oxygen atoms in total. The third-order valence-corrected chi connectivity index (χ3v) is 2.94. The number of aromatic nitrogens is 2. The molecule has 1 amide bonds. The van der Waals surface area contributed by atoms with Crippen molar-refractivity contribution < 1.29 is 4.79 Å². The molecule has 0 spiro atoms. The van der Waals surface area contributed by atoms with Crippen LogP contribution in [0.25, 0.3) is 0 Å². The van der Waals surface area contributed by atoms with Crippen molar-refractivity contribution >= 4 is 23.3 Å². The van der Waals surface area contributed by atoms with Crippen LogP contribution in [0, 0.1) is 6.92 Å². The van der Waals surface area contributed by atoms with Gasteiger partial charge in [0, 0.05) is 11.8 Å². The molecule has 1 aromatic carbocycles. The second kappa shape index (κ2) is 5.23. The van der Waals surface area contributed by atoms with Gasteiger partial charge in [0.15, 0.2) is 5.82 Å². The molecule has 0 aliphatic rings. The average molecular weight is 264 g/mol. The number of benzene rings is 1. The number of amides is 1. The van der Waals surface area contributed by atoms with Gasteiger partial charge in [0.2, 0.25) is 0 Å². The summed E-state index contributed by atoms with van der Waals surface area (Å²) in [5.74, 6) is 0.252. The number of hydrogen-bond acceptors (Lipinski definition) is 2. The lowest BCUT2D eigenvalue weighted by Gasteiger charge is -2.04. The first-order valence-electron chi connectivity index (χ1n) is 5.72. The Kier molecular flexibility index (Phi) is 3.67. The van der Waals surface area contributed by atoms with Gasteiger partial charge in [-0.3, -0.25) is 9.89 Å².